The van der Waals surface area contributed by atoms with E-state index >= 15 is 0 Å². The summed E-state index contributed by atoms with van der Waals surface area (Å²) >= 11 is 0. The van der Waals surface area contributed by atoms with Gasteiger partial charge in [-0.15, -0.1) is 0 Å². The van der Waals surface area contributed by atoms with Crippen LogP contribution in [-0.2, 0) is 9.59 Å². The normalized spacial score (nSPS) is 21.3. The Morgan fingerprint density at radius 1 is 1.29 bits per heavy atom. The van der Waals surface area contributed by atoms with Crippen LogP contribution in [0.1, 0.15) is 25.7 Å². The van der Waals surface area contributed by atoms with Crippen LogP contribution in [-0.4, -0.2) is 52.9 Å². The number of anilines is 1. The molecule has 0 spiro atoms. The summed E-state index contributed by atoms with van der Waals surface area (Å²) in [6, 6.07) is 4.97. The second-order valence-corrected chi connectivity index (χ2v) is 6.07. The standard InChI is InChI=1S/C16H21N5O3/c22-14(5-4-12-15(23)20-16(24)19-12)21-9-6-11(7-10-21)18-13-3-1-2-8-17-13/h1-3,8,11-12H,4-7,9-10H2,(H,17,18)(H2,19,20,23,24). The number of carbonyl (C=O) groups is 3. The van der Waals surface area contributed by atoms with Crippen molar-refractivity contribution in [2.45, 2.75) is 37.8 Å². The van der Waals surface area contributed by atoms with E-state index in [1.165, 1.54) is 0 Å². The largest absolute Gasteiger partial charge is 0.367 e. The van der Waals surface area contributed by atoms with Crippen LogP contribution in [0.2, 0.25) is 0 Å². The lowest BCUT2D eigenvalue weighted by Gasteiger charge is -2.32. The molecule has 2 aliphatic heterocycles. The SMILES string of the molecule is O=C1NC(=O)C(CCC(=O)N2CCC(Nc3ccccn3)CC2)N1. The van der Waals surface area contributed by atoms with Crippen molar-refractivity contribution >= 4 is 23.7 Å². The van der Waals surface area contributed by atoms with Crippen molar-refractivity contribution in [3.8, 4) is 0 Å². The van der Waals surface area contributed by atoms with Crippen LogP contribution >= 0.6 is 0 Å². The van der Waals surface area contributed by atoms with Crippen molar-refractivity contribution in [3.63, 3.8) is 0 Å². The van der Waals surface area contributed by atoms with E-state index in [1.807, 2.05) is 23.1 Å². The van der Waals surface area contributed by atoms with Crippen molar-refractivity contribution in [2.75, 3.05) is 18.4 Å². The zero-order valence-electron chi connectivity index (χ0n) is 13.3. The van der Waals surface area contributed by atoms with Gasteiger partial charge in [0.05, 0.1) is 0 Å². The fourth-order valence-corrected chi connectivity index (χ4v) is 3.02. The molecule has 8 heteroatoms. The average Bonchev–Trinajstić information content (AvgIpc) is 2.92. The summed E-state index contributed by atoms with van der Waals surface area (Å²) in [5.74, 6) is 0.525. The molecule has 2 fully saturated rings. The molecule has 3 heterocycles. The summed E-state index contributed by atoms with van der Waals surface area (Å²) < 4.78 is 0. The zero-order valence-corrected chi connectivity index (χ0v) is 13.3. The van der Waals surface area contributed by atoms with E-state index in [0.717, 1.165) is 18.7 Å². The number of nitrogens with one attached hydrogen (secondary N) is 3. The molecule has 24 heavy (non-hydrogen) atoms. The number of urea groups is 1. The second-order valence-electron chi connectivity index (χ2n) is 6.07. The number of pyridine rings is 1. The highest BCUT2D eigenvalue weighted by Gasteiger charge is 2.30. The Kier molecular flexibility index (Phi) is 4.93. The van der Waals surface area contributed by atoms with Crippen molar-refractivity contribution in [1.29, 1.82) is 0 Å². The summed E-state index contributed by atoms with van der Waals surface area (Å²) in [6.07, 6.45) is 4.07. The Labute approximate surface area is 140 Å². The third-order valence-electron chi connectivity index (χ3n) is 4.37. The minimum atomic E-state index is -0.593. The highest BCUT2D eigenvalue weighted by atomic mass is 16.2. The zero-order chi connectivity index (χ0) is 16.9. The molecule has 128 valence electrons. The Morgan fingerprint density at radius 2 is 2.08 bits per heavy atom. The number of carbonyl (C=O) groups excluding carboxylic acids is 3. The lowest BCUT2D eigenvalue weighted by Crippen LogP contribution is -2.43. The van der Waals surface area contributed by atoms with E-state index in [0.29, 0.717) is 25.6 Å². The third-order valence-corrected chi connectivity index (χ3v) is 4.37. The fraction of sp³-hybridized carbons (Fsp3) is 0.500. The highest BCUT2D eigenvalue weighted by molar-refractivity contribution is 6.04. The van der Waals surface area contributed by atoms with Gasteiger partial charge < -0.3 is 15.5 Å². The van der Waals surface area contributed by atoms with Gasteiger partial charge in [-0.2, -0.15) is 0 Å². The first-order chi connectivity index (χ1) is 11.6. The minimum absolute atomic E-state index is 0.0280. The first-order valence-corrected chi connectivity index (χ1v) is 8.18. The molecule has 8 nitrogen and oxygen atoms in total. The van der Waals surface area contributed by atoms with Crippen LogP contribution in [0, 0.1) is 0 Å². The molecule has 3 rings (SSSR count). The van der Waals surface area contributed by atoms with Crippen molar-refractivity contribution < 1.29 is 14.4 Å². The maximum atomic E-state index is 12.3. The molecular formula is C16H21N5O3. The molecule has 1 aromatic rings. The van der Waals surface area contributed by atoms with E-state index in [4.69, 9.17) is 0 Å². The molecule has 0 aromatic carbocycles. The maximum Gasteiger partial charge on any atom is 0.322 e. The topological polar surface area (TPSA) is 103 Å². The highest BCUT2D eigenvalue weighted by Crippen LogP contribution is 2.16. The number of nitrogens with zero attached hydrogens (tertiary/aromatic N) is 2. The Hall–Kier alpha value is -2.64. The van der Waals surface area contributed by atoms with Crippen LogP contribution in [0.3, 0.4) is 0 Å². The van der Waals surface area contributed by atoms with E-state index in [9.17, 15) is 14.4 Å². The molecule has 0 radical (unpaired) electrons. The Morgan fingerprint density at radius 3 is 2.71 bits per heavy atom. The van der Waals surface area contributed by atoms with Crippen molar-refractivity contribution in [2.24, 2.45) is 0 Å². The van der Waals surface area contributed by atoms with Gasteiger partial charge in [-0.3, -0.25) is 14.9 Å². The molecule has 3 N–H and O–H groups in total. The van der Waals surface area contributed by atoms with E-state index < -0.39 is 12.1 Å². The minimum Gasteiger partial charge on any atom is -0.367 e. The number of hydrogen-bond acceptors (Lipinski definition) is 5. The molecule has 1 aromatic heterocycles. The van der Waals surface area contributed by atoms with Crippen LogP contribution in [0.5, 0.6) is 0 Å². The van der Waals surface area contributed by atoms with Gasteiger partial charge in [0.1, 0.15) is 11.9 Å². The van der Waals surface area contributed by atoms with Crippen LogP contribution in [0.25, 0.3) is 0 Å². The van der Waals surface area contributed by atoms with Gasteiger partial charge in [0.15, 0.2) is 0 Å². The summed E-state index contributed by atoms with van der Waals surface area (Å²) in [5, 5.41) is 8.06. The number of likely N-dealkylation sites (tertiary alicyclic amines) is 1. The number of aromatic nitrogens is 1. The monoisotopic (exact) mass is 331 g/mol. The molecule has 4 amide bonds. The molecule has 1 atom stereocenters. The van der Waals surface area contributed by atoms with Gasteiger partial charge in [-0.25, -0.2) is 9.78 Å². The number of rotatable bonds is 5. The van der Waals surface area contributed by atoms with Crippen molar-refractivity contribution in [1.82, 2.24) is 20.5 Å². The van der Waals surface area contributed by atoms with E-state index in [-0.39, 0.29) is 18.2 Å². The molecule has 0 aliphatic carbocycles. The molecule has 2 aliphatic rings. The van der Waals surface area contributed by atoms with Gasteiger partial charge in [-0.05, 0) is 31.4 Å². The summed E-state index contributed by atoms with van der Waals surface area (Å²) in [4.78, 5) is 40.8. The fourth-order valence-electron chi connectivity index (χ4n) is 3.02. The quantitative estimate of drug-likeness (QED) is 0.681. The van der Waals surface area contributed by atoms with E-state index in [2.05, 4.69) is 20.9 Å². The first-order valence-electron chi connectivity index (χ1n) is 8.18. The van der Waals surface area contributed by atoms with Gasteiger partial charge in [0.25, 0.3) is 5.91 Å². The number of imide groups is 1. The summed E-state index contributed by atoms with van der Waals surface area (Å²) in [5.41, 5.74) is 0. The van der Waals surface area contributed by atoms with Crippen LogP contribution < -0.4 is 16.0 Å². The maximum absolute atomic E-state index is 12.3. The predicted molar refractivity (Wildman–Crippen MR) is 87.2 cm³/mol. The average molecular weight is 331 g/mol. The molecule has 1 unspecified atom stereocenters. The first kappa shape index (κ1) is 16.2. The van der Waals surface area contributed by atoms with Gasteiger partial charge in [0, 0.05) is 31.7 Å². The van der Waals surface area contributed by atoms with Crippen molar-refractivity contribution in [3.05, 3.63) is 24.4 Å². The van der Waals surface area contributed by atoms with E-state index in [1.54, 1.807) is 6.20 Å². The molecule has 0 bridgehead atoms. The Bertz CT molecular complexity index is 613. The smallest absolute Gasteiger partial charge is 0.322 e. The third kappa shape index (κ3) is 4.01. The number of hydrogen-bond donors (Lipinski definition) is 3. The predicted octanol–water partition coefficient (Wildman–Crippen LogP) is 0.473. The Balaban J connectivity index is 1.40. The van der Waals surface area contributed by atoms with Gasteiger partial charge in [-0.1, -0.05) is 6.07 Å². The summed E-state index contributed by atoms with van der Waals surface area (Å²) in [6.45, 7) is 1.37. The summed E-state index contributed by atoms with van der Waals surface area (Å²) in [7, 11) is 0. The molecule has 2 saturated heterocycles. The number of piperidine rings is 1. The van der Waals surface area contributed by atoms with Crippen LogP contribution in [0.15, 0.2) is 24.4 Å². The number of amides is 4. The molecule has 0 saturated carbocycles. The van der Waals surface area contributed by atoms with Gasteiger partial charge in [0.2, 0.25) is 5.91 Å². The van der Waals surface area contributed by atoms with Gasteiger partial charge >= 0.3 is 6.03 Å². The lowest BCUT2D eigenvalue weighted by molar-refractivity contribution is -0.132. The lowest BCUT2D eigenvalue weighted by atomic mass is 10.0. The second kappa shape index (κ2) is 7.29. The van der Waals surface area contributed by atoms with Crippen LogP contribution in [0.4, 0.5) is 10.6 Å². The molecular weight excluding hydrogens is 310 g/mol.